The number of amides is 1. The number of para-hydroxylation sites is 1. The van der Waals surface area contributed by atoms with E-state index in [4.69, 9.17) is 0 Å². The molecule has 0 spiro atoms. The van der Waals surface area contributed by atoms with Crippen LogP contribution in [0.25, 0.3) is 16.6 Å². The van der Waals surface area contributed by atoms with E-state index in [9.17, 15) is 28.5 Å². The van der Waals surface area contributed by atoms with Crippen LogP contribution >= 0.6 is 11.8 Å². The molecular formula is C22H14F2N4O4S. The second-order valence-corrected chi connectivity index (χ2v) is 7.73. The van der Waals surface area contributed by atoms with E-state index >= 15 is 0 Å². The second-order valence-electron chi connectivity index (χ2n) is 6.79. The third-order valence-electron chi connectivity index (χ3n) is 4.59. The number of benzene rings is 3. The lowest BCUT2D eigenvalue weighted by Gasteiger charge is -2.14. The smallest absolute Gasteiger partial charge is 0.269 e. The molecule has 0 unspecified atom stereocenters. The largest absolute Gasteiger partial charge is 0.325 e. The average Bonchev–Trinajstić information content (AvgIpc) is 2.79. The molecule has 8 nitrogen and oxygen atoms in total. The van der Waals surface area contributed by atoms with Crippen LogP contribution < -0.4 is 10.9 Å². The summed E-state index contributed by atoms with van der Waals surface area (Å²) in [6.07, 6.45) is 0. The van der Waals surface area contributed by atoms with Gasteiger partial charge in [-0.3, -0.25) is 24.3 Å². The Labute approximate surface area is 189 Å². The first kappa shape index (κ1) is 22.1. The van der Waals surface area contributed by atoms with E-state index in [1.165, 1.54) is 24.3 Å². The number of nitrogens with zero attached hydrogens (tertiary/aromatic N) is 3. The van der Waals surface area contributed by atoms with Crippen LogP contribution in [0.5, 0.6) is 0 Å². The molecule has 0 saturated heterocycles. The molecule has 0 atom stereocenters. The summed E-state index contributed by atoms with van der Waals surface area (Å²) in [5.74, 6) is -2.41. The number of aromatic nitrogens is 2. The molecule has 33 heavy (non-hydrogen) atoms. The summed E-state index contributed by atoms with van der Waals surface area (Å²) in [5, 5.41) is 13.6. The lowest BCUT2D eigenvalue weighted by Crippen LogP contribution is -2.23. The van der Waals surface area contributed by atoms with Crippen molar-refractivity contribution >= 4 is 39.9 Å². The lowest BCUT2D eigenvalue weighted by atomic mass is 10.2. The summed E-state index contributed by atoms with van der Waals surface area (Å²) in [5.41, 5.74) is -0.172. The highest BCUT2D eigenvalue weighted by atomic mass is 32.2. The van der Waals surface area contributed by atoms with E-state index in [1.807, 2.05) is 0 Å². The minimum atomic E-state index is -0.952. The van der Waals surface area contributed by atoms with E-state index in [0.29, 0.717) is 17.3 Å². The number of nitro groups is 1. The predicted octanol–water partition coefficient (Wildman–Crippen LogP) is 4.30. The topological polar surface area (TPSA) is 107 Å². The molecular weight excluding hydrogens is 454 g/mol. The van der Waals surface area contributed by atoms with Crippen molar-refractivity contribution in [1.82, 2.24) is 9.55 Å². The SMILES string of the molecule is O=C(CSc1nc2ccccc2c(=O)n1-c1ccc(F)cc1F)Nc1ccc([N+](=O)[O-])cc1. The van der Waals surface area contributed by atoms with Gasteiger partial charge in [0.25, 0.3) is 11.2 Å². The van der Waals surface area contributed by atoms with Gasteiger partial charge in [0.1, 0.15) is 11.6 Å². The zero-order chi connectivity index (χ0) is 23.5. The molecule has 1 N–H and O–H groups in total. The number of carbonyl (C=O) groups is 1. The van der Waals surface area contributed by atoms with Gasteiger partial charge in [-0.1, -0.05) is 23.9 Å². The van der Waals surface area contributed by atoms with Crippen LogP contribution in [0.4, 0.5) is 20.2 Å². The molecule has 0 saturated carbocycles. The summed E-state index contributed by atoms with van der Waals surface area (Å²) < 4.78 is 28.9. The van der Waals surface area contributed by atoms with E-state index in [1.54, 1.807) is 24.3 Å². The summed E-state index contributed by atoms with van der Waals surface area (Å²) >= 11 is 0.890. The van der Waals surface area contributed by atoms with Crippen LogP contribution in [0.2, 0.25) is 0 Å². The Bertz CT molecular complexity index is 1440. The number of rotatable bonds is 6. The zero-order valence-electron chi connectivity index (χ0n) is 16.7. The molecule has 0 radical (unpaired) electrons. The van der Waals surface area contributed by atoms with Crippen molar-refractivity contribution in [2.75, 3.05) is 11.1 Å². The highest BCUT2D eigenvalue weighted by Crippen LogP contribution is 2.24. The molecule has 0 bridgehead atoms. The Kier molecular flexibility index (Phi) is 6.13. The van der Waals surface area contributed by atoms with E-state index in [0.717, 1.165) is 28.5 Å². The molecule has 3 aromatic carbocycles. The maximum Gasteiger partial charge on any atom is 0.269 e. The Hall–Kier alpha value is -4.12. The molecule has 0 aliphatic rings. The van der Waals surface area contributed by atoms with Gasteiger partial charge in [0.15, 0.2) is 5.16 Å². The first-order chi connectivity index (χ1) is 15.8. The number of anilines is 1. The molecule has 4 rings (SSSR count). The van der Waals surface area contributed by atoms with Gasteiger partial charge in [0, 0.05) is 23.9 Å². The van der Waals surface area contributed by atoms with Gasteiger partial charge in [-0.2, -0.15) is 0 Å². The molecule has 11 heteroatoms. The van der Waals surface area contributed by atoms with Crippen LogP contribution in [0.15, 0.2) is 76.7 Å². The maximum atomic E-state index is 14.5. The molecule has 0 aliphatic carbocycles. The van der Waals surface area contributed by atoms with Crippen molar-refractivity contribution in [1.29, 1.82) is 0 Å². The summed E-state index contributed by atoms with van der Waals surface area (Å²) in [7, 11) is 0. The predicted molar refractivity (Wildman–Crippen MR) is 120 cm³/mol. The Morgan fingerprint density at radius 2 is 1.82 bits per heavy atom. The van der Waals surface area contributed by atoms with E-state index in [-0.39, 0.29) is 27.7 Å². The Balaban J connectivity index is 1.64. The number of nitro benzene ring substituents is 1. The van der Waals surface area contributed by atoms with E-state index in [2.05, 4.69) is 10.3 Å². The van der Waals surface area contributed by atoms with Gasteiger partial charge in [-0.05, 0) is 36.4 Å². The first-order valence-corrected chi connectivity index (χ1v) is 10.5. The third kappa shape index (κ3) is 4.72. The fourth-order valence-electron chi connectivity index (χ4n) is 3.08. The molecule has 1 aromatic heterocycles. The monoisotopic (exact) mass is 468 g/mol. The zero-order valence-corrected chi connectivity index (χ0v) is 17.5. The van der Waals surface area contributed by atoms with Gasteiger partial charge in [0.2, 0.25) is 5.91 Å². The number of hydrogen-bond donors (Lipinski definition) is 1. The number of halogens is 2. The normalized spacial score (nSPS) is 10.8. The van der Waals surface area contributed by atoms with Gasteiger partial charge in [-0.25, -0.2) is 13.8 Å². The van der Waals surface area contributed by atoms with Crippen LogP contribution in [0.3, 0.4) is 0 Å². The highest BCUT2D eigenvalue weighted by molar-refractivity contribution is 7.99. The van der Waals surface area contributed by atoms with Crippen molar-refractivity contribution in [2.24, 2.45) is 0 Å². The Morgan fingerprint density at radius 1 is 1.09 bits per heavy atom. The molecule has 0 fully saturated rings. The minimum Gasteiger partial charge on any atom is -0.325 e. The third-order valence-corrected chi connectivity index (χ3v) is 5.53. The molecule has 4 aromatic rings. The van der Waals surface area contributed by atoms with Gasteiger partial charge < -0.3 is 5.32 Å². The van der Waals surface area contributed by atoms with Gasteiger partial charge >= 0.3 is 0 Å². The average molecular weight is 468 g/mol. The number of hydrogen-bond acceptors (Lipinski definition) is 6. The number of carbonyl (C=O) groups excluding carboxylic acids is 1. The van der Waals surface area contributed by atoms with Crippen LogP contribution in [-0.2, 0) is 4.79 Å². The van der Waals surface area contributed by atoms with Crippen LogP contribution in [-0.4, -0.2) is 26.1 Å². The van der Waals surface area contributed by atoms with Gasteiger partial charge in [-0.15, -0.1) is 0 Å². The number of fused-ring (bicyclic) bond motifs is 1. The lowest BCUT2D eigenvalue weighted by molar-refractivity contribution is -0.384. The maximum absolute atomic E-state index is 14.5. The number of thioether (sulfide) groups is 1. The summed E-state index contributed by atoms with van der Waals surface area (Å²) in [6, 6.07) is 14.6. The molecule has 0 aliphatic heterocycles. The number of non-ortho nitro benzene ring substituents is 1. The summed E-state index contributed by atoms with van der Waals surface area (Å²) in [4.78, 5) is 40.1. The van der Waals surface area contributed by atoms with Crippen LogP contribution in [0, 0.1) is 21.7 Å². The quantitative estimate of drug-likeness (QED) is 0.196. The fraction of sp³-hybridized carbons (Fsp3) is 0.0455. The Morgan fingerprint density at radius 3 is 2.52 bits per heavy atom. The van der Waals surface area contributed by atoms with E-state index < -0.39 is 28.0 Å². The van der Waals surface area contributed by atoms with Crippen molar-refractivity contribution in [3.8, 4) is 5.69 Å². The standard InChI is InChI=1S/C22H14F2N4O4S/c23-13-5-10-19(17(24)11-13)27-21(30)16-3-1-2-4-18(16)26-22(27)33-12-20(29)25-14-6-8-15(9-7-14)28(31)32/h1-11H,12H2,(H,25,29). The minimum absolute atomic E-state index is 0.0445. The van der Waals surface area contributed by atoms with Crippen molar-refractivity contribution < 1.29 is 18.5 Å². The van der Waals surface area contributed by atoms with Crippen molar-refractivity contribution in [3.05, 3.63) is 98.8 Å². The molecule has 1 amide bonds. The van der Waals surface area contributed by atoms with Gasteiger partial charge in [0.05, 0.1) is 27.3 Å². The van der Waals surface area contributed by atoms with Crippen molar-refractivity contribution in [3.63, 3.8) is 0 Å². The first-order valence-electron chi connectivity index (χ1n) is 9.48. The fourth-order valence-corrected chi connectivity index (χ4v) is 3.88. The second kappa shape index (κ2) is 9.17. The highest BCUT2D eigenvalue weighted by Gasteiger charge is 2.18. The molecule has 1 heterocycles. The molecule has 166 valence electrons. The van der Waals surface area contributed by atoms with Crippen LogP contribution in [0.1, 0.15) is 0 Å². The van der Waals surface area contributed by atoms with Crippen molar-refractivity contribution in [2.45, 2.75) is 5.16 Å². The number of nitrogens with one attached hydrogen (secondary N) is 1. The summed E-state index contributed by atoms with van der Waals surface area (Å²) in [6.45, 7) is 0.